The molecule has 1 aliphatic carbocycles. The minimum Gasteiger partial charge on any atom is -0.384 e. The minimum atomic E-state index is -0.128. The van der Waals surface area contributed by atoms with Gasteiger partial charge in [0.15, 0.2) is 0 Å². The highest BCUT2D eigenvalue weighted by Gasteiger charge is 2.42. The van der Waals surface area contributed by atoms with E-state index in [0.29, 0.717) is 12.5 Å². The molecule has 5 heteroatoms. The van der Waals surface area contributed by atoms with E-state index in [4.69, 9.17) is 21.3 Å². The van der Waals surface area contributed by atoms with Crippen LogP contribution in [0.15, 0.2) is 53.5 Å². The third-order valence-corrected chi connectivity index (χ3v) is 5.91. The van der Waals surface area contributed by atoms with Crippen molar-refractivity contribution in [1.29, 1.82) is 0 Å². The summed E-state index contributed by atoms with van der Waals surface area (Å²) in [5.74, 6) is 1.67. The van der Waals surface area contributed by atoms with Gasteiger partial charge in [0.05, 0.1) is 23.5 Å². The molecule has 0 aromatic heterocycles. The van der Waals surface area contributed by atoms with Crippen LogP contribution < -0.4 is 10.6 Å². The van der Waals surface area contributed by atoms with E-state index in [9.17, 15) is 0 Å². The van der Waals surface area contributed by atoms with E-state index in [0.717, 1.165) is 60.1 Å². The Balaban J connectivity index is 1.61. The summed E-state index contributed by atoms with van der Waals surface area (Å²) in [6.45, 7) is 1.46. The Labute approximate surface area is 166 Å². The van der Waals surface area contributed by atoms with E-state index in [2.05, 4.69) is 41.0 Å². The van der Waals surface area contributed by atoms with Gasteiger partial charge in [-0.15, -0.1) is 0 Å². The molecule has 1 saturated carbocycles. The second kappa shape index (κ2) is 7.91. The summed E-state index contributed by atoms with van der Waals surface area (Å²) < 4.78 is 5.38. The molecule has 0 amide bonds. The molecule has 0 radical (unpaired) electrons. The maximum atomic E-state index is 6.13. The SMILES string of the molecule is COCC1CCC2(CC1)Nc1ccccc1NC2=NCc1cccc(Cl)c1. The number of methoxy groups -OCH3 is 1. The molecule has 1 fully saturated rings. The number of amidine groups is 1. The summed E-state index contributed by atoms with van der Waals surface area (Å²) in [5.41, 5.74) is 3.24. The molecule has 2 N–H and O–H groups in total. The van der Waals surface area contributed by atoms with Gasteiger partial charge in [0.25, 0.3) is 0 Å². The summed E-state index contributed by atoms with van der Waals surface area (Å²) in [5, 5.41) is 8.18. The van der Waals surface area contributed by atoms with Crippen LogP contribution in [0.3, 0.4) is 0 Å². The van der Waals surface area contributed by atoms with Crippen LogP contribution in [0.4, 0.5) is 11.4 Å². The number of aliphatic imine (C=N–C) groups is 1. The fourth-order valence-electron chi connectivity index (χ4n) is 4.20. The summed E-state index contributed by atoms with van der Waals surface area (Å²) in [4.78, 5) is 4.99. The molecule has 2 aliphatic rings. The molecule has 2 aromatic rings. The number of hydrogen-bond acceptors (Lipinski definition) is 3. The van der Waals surface area contributed by atoms with Crippen LogP contribution in [0.2, 0.25) is 5.02 Å². The van der Waals surface area contributed by atoms with Crippen molar-refractivity contribution < 1.29 is 4.74 Å². The molecule has 0 unspecified atom stereocenters. The summed E-state index contributed by atoms with van der Waals surface area (Å²) >= 11 is 6.13. The Morgan fingerprint density at radius 3 is 2.63 bits per heavy atom. The molecule has 1 spiro atoms. The monoisotopic (exact) mass is 383 g/mol. The quantitative estimate of drug-likeness (QED) is 0.747. The number of nitrogens with one attached hydrogen (secondary N) is 2. The lowest BCUT2D eigenvalue weighted by Crippen LogP contribution is -2.54. The van der Waals surface area contributed by atoms with E-state index in [-0.39, 0.29) is 5.54 Å². The van der Waals surface area contributed by atoms with Gasteiger partial charge in [0.2, 0.25) is 0 Å². The van der Waals surface area contributed by atoms with Crippen LogP contribution in [0.5, 0.6) is 0 Å². The van der Waals surface area contributed by atoms with Crippen LogP contribution >= 0.6 is 11.6 Å². The molecular weight excluding hydrogens is 358 g/mol. The Hall–Kier alpha value is -2.04. The number of rotatable bonds is 4. The molecular formula is C22H26ClN3O. The molecule has 1 aliphatic heterocycles. The lowest BCUT2D eigenvalue weighted by Gasteiger charge is -2.45. The van der Waals surface area contributed by atoms with E-state index in [1.807, 2.05) is 18.2 Å². The average molecular weight is 384 g/mol. The number of ether oxygens (including phenoxy) is 1. The normalized spacial score (nSPS) is 25.7. The summed E-state index contributed by atoms with van der Waals surface area (Å²) in [7, 11) is 1.79. The fraction of sp³-hybridized carbons (Fsp3) is 0.409. The van der Waals surface area contributed by atoms with Gasteiger partial charge in [-0.3, -0.25) is 4.99 Å². The van der Waals surface area contributed by atoms with E-state index < -0.39 is 0 Å². The summed E-state index contributed by atoms with van der Waals surface area (Å²) in [6, 6.07) is 16.3. The minimum absolute atomic E-state index is 0.128. The maximum Gasteiger partial charge on any atom is 0.127 e. The molecule has 0 atom stereocenters. The fourth-order valence-corrected chi connectivity index (χ4v) is 4.41. The molecule has 4 nitrogen and oxygen atoms in total. The zero-order valence-electron chi connectivity index (χ0n) is 15.7. The predicted octanol–water partition coefficient (Wildman–Crippen LogP) is 5.35. The van der Waals surface area contributed by atoms with Crippen LogP contribution in [0, 0.1) is 5.92 Å². The van der Waals surface area contributed by atoms with Crippen molar-refractivity contribution in [2.75, 3.05) is 24.4 Å². The molecule has 27 heavy (non-hydrogen) atoms. The summed E-state index contributed by atoms with van der Waals surface area (Å²) in [6.07, 6.45) is 4.38. The van der Waals surface area contributed by atoms with Gasteiger partial charge < -0.3 is 15.4 Å². The standard InChI is InChI=1S/C22H26ClN3O/c1-27-15-16-9-11-22(12-10-16)21(24-14-17-5-4-6-18(23)13-17)25-19-7-2-3-8-20(19)26-22/h2-8,13,16,26H,9-12,14-15H2,1H3,(H,24,25). The molecule has 142 valence electrons. The zero-order valence-corrected chi connectivity index (χ0v) is 16.4. The highest BCUT2D eigenvalue weighted by atomic mass is 35.5. The number of fused-ring (bicyclic) bond motifs is 1. The van der Waals surface area contributed by atoms with Crippen molar-refractivity contribution in [3.63, 3.8) is 0 Å². The first-order valence-electron chi connectivity index (χ1n) is 9.61. The number of benzene rings is 2. The second-order valence-corrected chi connectivity index (χ2v) is 8.01. The van der Waals surface area contributed by atoms with Crippen molar-refractivity contribution in [2.45, 2.75) is 37.8 Å². The van der Waals surface area contributed by atoms with E-state index in [1.54, 1.807) is 7.11 Å². The molecule has 2 aromatic carbocycles. The van der Waals surface area contributed by atoms with Crippen LogP contribution in [-0.4, -0.2) is 25.1 Å². The Morgan fingerprint density at radius 2 is 1.89 bits per heavy atom. The topological polar surface area (TPSA) is 45.6 Å². The number of anilines is 2. The van der Waals surface area contributed by atoms with Crippen LogP contribution in [-0.2, 0) is 11.3 Å². The van der Waals surface area contributed by atoms with Gasteiger partial charge >= 0.3 is 0 Å². The molecule has 1 heterocycles. The predicted molar refractivity (Wildman–Crippen MR) is 113 cm³/mol. The Morgan fingerprint density at radius 1 is 1.11 bits per heavy atom. The largest absolute Gasteiger partial charge is 0.384 e. The van der Waals surface area contributed by atoms with Crippen molar-refractivity contribution in [2.24, 2.45) is 10.9 Å². The van der Waals surface area contributed by atoms with E-state index >= 15 is 0 Å². The third kappa shape index (κ3) is 3.97. The van der Waals surface area contributed by atoms with Gasteiger partial charge in [-0.05, 0) is 61.4 Å². The lowest BCUT2D eigenvalue weighted by molar-refractivity contribution is 0.124. The first-order chi connectivity index (χ1) is 13.2. The number of hydrogen-bond donors (Lipinski definition) is 2. The first kappa shape index (κ1) is 18.3. The second-order valence-electron chi connectivity index (χ2n) is 7.57. The molecule has 4 rings (SSSR count). The van der Waals surface area contributed by atoms with Gasteiger partial charge in [-0.2, -0.15) is 0 Å². The number of halogens is 1. The van der Waals surface area contributed by atoms with Gasteiger partial charge in [-0.25, -0.2) is 0 Å². The highest BCUT2D eigenvalue weighted by molar-refractivity contribution is 6.30. The highest BCUT2D eigenvalue weighted by Crippen LogP contribution is 2.41. The van der Waals surface area contributed by atoms with Crippen molar-refractivity contribution >= 4 is 28.8 Å². The third-order valence-electron chi connectivity index (χ3n) is 5.68. The lowest BCUT2D eigenvalue weighted by atomic mass is 9.74. The smallest absolute Gasteiger partial charge is 0.127 e. The Kier molecular flexibility index (Phi) is 5.37. The van der Waals surface area contributed by atoms with Crippen LogP contribution in [0.25, 0.3) is 0 Å². The van der Waals surface area contributed by atoms with Crippen molar-refractivity contribution in [3.05, 3.63) is 59.1 Å². The van der Waals surface area contributed by atoms with Gasteiger partial charge in [-0.1, -0.05) is 35.9 Å². The Bertz CT molecular complexity index is 828. The number of nitrogens with zero attached hydrogens (tertiary/aromatic N) is 1. The molecule has 0 bridgehead atoms. The maximum absolute atomic E-state index is 6.13. The van der Waals surface area contributed by atoms with Crippen molar-refractivity contribution in [3.8, 4) is 0 Å². The van der Waals surface area contributed by atoms with Gasteiger partial charge in [0, 0.05) is 18.7 Å². The first-order valence-corrected chi connectivity index (χ1v) is 9.99. The number of para-hydroxylation sites is 2. The van der Waals surface area contributed by atoms with E-state index in [1.165, 1.54) is 0 Å². The average Bonchev–Trinajstić information content (AvgIpc) is 2.68. The van der Waals surface area contributed by atoms with Gasteiger partial charge in [0.1, 0.15) is 5.84 Å². The molecule has 0 saturated heterocycles. The zero-order chi connectivity index (χ0) is 18.7. The van der Waals surface area contributed by atoms with Crippen LogP contribution in [0.1, 0.15) is 31.2 Å². The van der Waals surface area contributed by atoms with Crippen molar-refractivity contribution in [1.82, 2.24) is 0 Å².